The minimum absolute atomic E-state index is 0.0155. The first-order valence-corrected chi connectivity index (χ1v) is 23.3. The molecule has 0 aliphatic carbocycles. The van der Waals surface area contributed by atoms with Crippen LogP contribution in [0.25, 0.3) is 16.6 Å². The van der Waals surface area contributed by atoms with Crippen LogP contribution in [0.5, 0.6) is 0 Å². The highest BCUT2D eigenvalue weighted by Crippen LogP contribution is 2.27. The predicted molar refractivity (Wildman–Crippen MR) is 234 cm³/mol. The molecule has 6 rings (SSSR count). The number of fused-ring (bicyclic) bond motifs is 3. The molecule has 2 fully saturated rings. The zero-order valence-corrected chi connectivity index (χ0v) is 36.7. The first-order chi connectivity index (χ1) is 30.8. The van der Waals surface area contributed by atoms with Crippen LogP contribution in [0.1, 0.15) is 51.0 Å². The zero-order chi connectivity index (χ0) is 45.8. The molecule has 3 unspecified atom stereocenters. The van der Waals surface area contributed by atoms with Gasteiger partial charge < -0.3 is 52.0 Å². The molecule has 23 heteroatoms. The minimum Gasteiger partial charge on any atom is -0.481 e. The van der Waals surface area contributed by atoms with Crippen molar-refractivity contribution >= 4 is 85.5 Å². The first kappa shape index (κ1) is 47.3. The molecule has 6 atom stereocenters. The molecule has 21 nitrogen and oxygen atoms in total. The van der Waals surface area contributed by atoms with Gasteiger partial charge in [0.2, 0.25) is 41.4 Å². The minimum atomic E-state index is -1.66. The number of primary amides is 1. The molecule has 342 valence electrons. The second-order valence-electron chi connectivity index (χ2n) is 15.5. The van der Waals surface area contributed by atoms with Gasteiger partial charge >= 0.3 is 11.6 Å². The summed E-state index contributed by atoms with van der Waals surface area (Å²) in [4.78, 5) is 110. The molecule has 2 aliphatic rings. The highest BCUT2D eigenvalue weighted by Gasteiger charge is 2.43. The Morgan fingerprint density at radius 1 is 0.953 bits per heavy atom. The highest BCUT2D eigenvalue weighted by molar-refractivity contribution is 8.76. The van der Waals surface area contributed by atoms with Gasteiger partial charge in [-0.15, -0.1) is 4.52 Å². The van der Waals surface area contributed by atoms with Gasteiger partial charge in [-0.1, -0.05) is 44.9 Å². The number of aromatic nitrogens is 4. The number of H-pyrrole nitrogens is 1. The Balaban J connectivity index is 1.15. The van der Waals surface area contributed by atoms with Crippen LogP contribution in [-0.4, -0.2) is 133 Å². The molecule has 64 heavy (non-hydrogen) atoms. The number of nitrogens with zero attached hydrogens (tertiary/aromatic N) is 4. The van der Waals surface area contributed by atoms with E-state index in [1.807, 2.05) is 53.4 Å². The van der Waals surface area contributed by atoms with Crippen LogP contribution < -0.4 is 36.9 Å². The number of carboxylic acid groups (broad SMARTS) is 1. The maximum Gasteiger partial charge on any atom is 0.307 e. The average Bonchev–Trinajstić information content (AvgIpc) is 4.01. The van der Waals surface area contributed by atoms with Gasteiger partial charge in [-0.3, -0.25) is 38.4 Å². The van der Waals surface area contributed by atoms with Crippen molar-refractivity contribution in [3.05, 3.63) is 66.7 Å². The molecule has 0 bridgehead atoms. The Morgan fingerprint density at radius 2 is 1.75 bits per heavy atom. The lowest BCUT2D eigenvalue weighted by atomic mass is 10.1. The summed E-state index contributed by atoms with van der Waals surface area (Å²) < 4.78 is 9.94. The van der Waals surface area contributed by atoms with Crippen molar-refractivity contribution < 1.29 is 52.8 Å². The number of para-hydroxylation sites is 1. The highest BCUT2D eigenvalue weighted by atomic mass is 33.1. The Kier molecular flexibility index (Phi) is 16.6. The van der Waals surface area contributed by atoms with E-state index < -0.39 is 96.6 Å². The molecule has 9 N–H and O–H groups in total. The SMILES string of the molecule is C[C@@H]1NC(=O)C(CC(=O)O)NC(=O)CNC(=O)[C@H](CCCC[n+]2ccn3ncccc32)NC(=O)CCSSCC(C(N)=O)NC(=O)[C@@H]2CC(OCc3c[nH]c4ccccc34)CN2C1=O. The number of nitrogens with two attached hydrogens (primary N) is 1. The van der Waals surface area contributed by atoms with Crippen molar-refractivity contribution in [1.82, 2.24) is 46.1 Å². The third-order valence-corrected chi connectivity index (χ3v) is 13.2. The number of carbonyl (C=O) groups is 8. The Bertz CT molecular complexity index is 2360. The van der Waals surface area contributed by atoms with Gasteiger partial charge in [-0.05, 0) is 38.3 Å². The normalized spacial score (nSPS) is 23.7. The molecule has 0 saturated carbocycles. The third kappa shape index (κ3) is 12.7. The van der Waals surface area contributed by atoms with Crippen LogP contribution in [0.4, 0.5) is 0 Å². The van der Waals surface area contributed by atoms with Crippen molar-refractivity contribution in [2.75, 3.05) is 24.6 Å². The van der Waals surface area contributed by atoms with Crippen LogP contribution in [0, 0.1) is 0 Å². The van der Waals surface area contributed by atoms with Gasteiger partial charge in [0.05, 0.1) is 38.4 Å². The zero-order valence-electron chi connectivity index (χ0n) is 35.0. The van der Waals surface area contributed by atoms with Crippen molar-refractivity contribution in [3.63, 3.8) is 0 Å². The maximum atomic E-state index is 14.0. The van der Waals surface area contributed by atoms with E-state index in [-0.39, 0.29) is 43.9 Å². The third-order valence-electron chi connectivity index (χ3n) is 10.8. The van der Waals surface area contributed by atoms with Gasteiger partial charge in [0.25, 0.3) is 0 Å². The fourth-order valence-corrected chi connectivity index (χ4v) is 9.64. The van der Waals surface area contributed by atoms with E-state index in [0.717, 1.165) is 22.1 Å². The lowest BCUT2D eigenvalue weighted by Crippen LogP contribution is -2.58. The average molecular weight is 923 g/mol. The lowest BCUT2D eigenvalue weighted by Gasteiger charge is -2.28. The summed E-state index contributed by atoms with van der Waals surface area (Å²) >= 11 is 0. The number of nitrogens with one attached hydrogen (secondary N) is 6. The smallest absolute Gasteiger partial charge is 0.307 e. The van der Waals surface area contributed by atoms with E-state index in [0.29, 0.717) is 19.4 Å². The van der Waals surface area contributed by atoms with Gasteiger partial charge in [-0.2, -0.15) is 0 Å². The molecule has 7 amide bonds. The molecular weight excluding hydrogens is 871 g/mol. The molecule has 0 spiro atoms. The summed E-state index contributed by atoms with van der Waals surface area (Å²) in [6, 6.07) is 5.03. The summed E-state index contributed by atoms with van der Waals surface area (Å²) in [6.45, 7) is 1.38. The molecule has 2 saturated heterocycles. The summed E-state index contributed by atoms with van der Waals surface area (Å²) in [5, 5.41) is 27.5. The topological polar surface area (TPSA) is 292 Å². The second kappa shape index (κ2) is 22.4. The first-order valence-electron chi connectivity index (χ1n) is 20.8. The fourth-order valence-electron chi connectivity index (χ4n) is 7.48. The van der Waals surface area contributed by atoms with Gasteiger partial charge in [0.15, 0.2) is 6.20 Å². The number of ether oxygens (including phenoxy) is 1. The van der Waals surface area contributed by atoms with Gasteiger partial charge in [-0.25, -0.2) is 4.57 Å². The standard InChI is InChI=1S/C41H51N11O10S2/c1-24-41(61)51-21-26(62-22-25-19-43-28-8-3-2-7-27(25)28)17-32(51)40(60)49-31(37(42)57)23-64-63-16-11-33(53)47-29(9-4-5-13-50-14-15-52-35(50)10-6-12-45-52)38(58)44-20-34(54)48-30(18-36(55)56)39(59)46-24/h2-3,6-8,10,12,14-15,19,24,26,29-32,43H,4-5,9,11,13,16-18,20-23H2,1H3,(H7-,42,44,46,47,48,49,53,54,55,56,57,58,59,60)/p+1/t24-,26?,29-,30?,31?,32-/m0/s1. The maximum absolute atomic E-state index is 14.0. The lowest BCUT2D eigenvalue weighted by molar-refractivity contribution is -0.671. The predicted octanol–water partition coefficient (Wildman–Crippen LogP) is -0.720. The molecule has 4 aromatic rings. The van der Waals surface area contributed by atoms with E-state index in [1.54, 1.807) is 16.9 Å². The number of aryl methyl sites for hydroxylation is 1. The van der Waals surface area contributed by atoms with E-state index in [2.05, 4.69) is 36.7 Å². The number of aromatic amines is 1. The number of hydrogen-bond acceptors (Lipinski definition) is 12. The molecule has 2 aliphatic heterocycles. The number of unbranched alkanes of at least 4 members (excludes halogenated alkanes) is 1. The van der Waals surface area contributed by atoms with Gasteiger partial charge in [0.1, 0.15) is 36.4 Å². The summed E-state index contributed by atoms with van der Waals surface area (Å²) in [5.41, 5.74) is 8.32. The number of hydrogen-bond donors (Lipinski definition) is 8. The number of imidazole rings is 1. The molecule has 1 aromatic carbocycles. The monoisotopic (exact) mass is 922 g/mol. The van der Waals surface area contributed by atoms with Crippen molar-refractivity contribution in [3.8, 4) is 0 Å². The number of rotatable bonds is 11. The number of amides is 7. The number of carboxylic acids is 1. The molecular formula is C41H52N11O10S2+. The van der Waals surface area contributed by atoms with Crippen molar-refractivity contribution in [2.45, 2.75) is 94.9 Å². The number of aliphatic carboxylic acids is 1. The number of benzene rings is 1. The van der Waals surface area contributed by atoms with Crippen LogP contribution in [0.2, 0.25) is 0 Å². The summed E-state index contributed by atoms with van der Waals surface area (Å²) in [6.07, 6.45) is 7.06. The Morgan fingerprint density at radius 3 is 2.55 bits per heavy atom. The van der Waals surface area contributed by atoms with E-state index >= 15 is 0 Å². The summed E-state index contributed by atoms with van der Waals surface area (Å²) in [7, 11) is 2.45. The summed E-state index contributed by atoms with van der Waals surface area (Å²) in [5.74, 6) is -6.38. The molecule has 5 heterocycles. The fraction of sp³-hybridized carbons (Fsp3) is 0.463. The Hall–Kier alpha value is -6.20. The largest absolute Gasteiger partial charge is 0.481 e. The van der Waals surface area contributed by atoms with E-state index in [9.17, 15) is 43.5 Å². The van der Waals surface area contributed by atoms with Crippen molar-refractivity contribution in [1.29, 1.82) is 0 Å². The quantitative estimate of drug-likeness (QED) is 0.0525. The number of carbonyl (C=O) groups excluding carboxylic acids is 7. The van der Waals surface area contributed by atoms with E-state index in [1.165, 1.54) is 33.4 Å². The Labute approximate surface area is 375 Å². The van der Waals surface area contributed by atoms with Crippen LogP contribution in [-0.2, 0) is 56.2 Å². The van der Waals surface area contributed by atoms with Crippen LogP contribution in [0.3, 0.4) is 0 Å². The second-order valence-corrected chi connectivity index (χ2v) is 18.1. The molecule has 3 aromatic heterocycles. The van der Waals surface area contributed by atoms with Crippen LogP contribution in [0.15, 0.2) is 61.2 Å². The molecule has 0 radical (unpaired) electrons. The van der Waals surface area contributed by atoms with Crippen LogP contribution >= 0.6 is 21.6 Å². The van der Waals surface area contributed by atoms with E-state index in [4.69, 9.17) is 10.5 Å². The van der Waals surface area contributed by atoms with Gasteiger partial charge in [0, 0.05) is 59.6 Å². The van der Waals surface area contributed by atoms with Crippen molar-refractivity contribution in [2.24, 2.45) is 5.73 Å².